The second-order valence-electron chi connectivity index (χ2n) is 19.3. The van der Waals surface area contributed by atoms with Gasteiger partial charge in [-0.1, -0.05) is 33.8 Å². The van der Waals surface area contributed by atoms with Crippen molar-refractivity contribution < 1.29 is 28.9 Å². The molecule has 9 atom stereocenters. The van der Waals surface area contributed by atoms with Crippen LogP contribution in [0.25, 0.3) is 33.4 Å². The van der Waals surface area contributed by atoms with Gasteiger partial charge in [-0.05, 0) is 88.7 Å². The third-order valence-corrected chi connectivity index (χ3v) is 15.1. The largest absolute Gasteiger partial charge is 0.464 e. The molecule has 1 aromatic carbocycles. The minimum absolute atomic E-state index is 0.00953. The summed E-state index contributed by atoms with van der Waals surface area (Å²) in [5, 5.41) is 20.4. The zero-order chi connectivity index (χ0) is 44.7. The Hall–Kier alpha value is -3.80. The van der Waals surface area contributed by atoms with Crippen LogP contribution in [0.5, 0.6) is 0 Å². The monoisotopic (exact) mass is 884 g/mol. The van der Waals surface area contributed by atoms with E-state index in [2.05, 4.69) is 103 Å². The molecule has 3 unspecified atom stereocenters. The normalized spacial score (nSPS) is 27.5. The Bertz CT molecular complexity index is 2250. The molecule has 0 radical (unpaired) electrons. The van der Waals surface area contributed by atoms with E-state index in [1.54, 1.807) is 7.11 Å². The molecule has 1 saturated carbocycles. The molecule has 6 bridgehead atoms. The van der Waals surface area contributed by atoms with E-state index in [9.17, 15) is 9.90 Å². The van der Waals surface area contributed by atoms with E-state index in [4.69, 9.17) is 24.2 Å². The van der Waals surface area contributed by atoms with Crippen molar-refractivity contribution in [2.45, 2.75) is 111 Å². The zero-order valence-electron chi connectivity index (χ0n) is 38.6. The van der Waals surface area contributed by atoms with Crippen LogP contribution in [0.4, 0.5) is 0 Å². The number of pyridine rings is 1. The van der Waals surface area contributed by atoms with Gasteiger partial charge in [0, 0.05) is 97.4 Å². The minimum atomic E-state index is -1.00. The summed E-state index contributed by atoms with van der Waals surface area (Å²) < 4.78 is 21.3. The highest BCUT2D eigenvalue weighted by molar-refractivity contribution is 7.10. The Morgan fingerprint density at radius 1 is 1.10 bits per heavy atom. The minimum Gasteiger partial charge on any atom is -0.464 e. The summed E-state index contributed by atoms with van der Waals surface area (Å²) in [7, 11) is 3.85. The predicted molar refractivity (Wildman–Crippen MR) is 246 cm³/mol. The van der Waals surface area contributed by atoms with E-state index in [1.165, 1.54) is 16.3 Å². The Kier molecular flexibility index (Phi) is 13.8. The number of hydrogen-bond donors (Lipinski definition) is 3. The Labute approximate surface area is 376 Å². The molecule has 4 aromatic rings. The highest BCUT2D eigenvalue weighted by Gasteiger charge is 2.50. The number of methoxy groups -OCH3 is 1. The number of esters is 1. The van der Waals surface area contributed by atoms with Crippen LogP contribution in [0.15, 0.2) is 41.9 Å². The number of carbonyl (C=O) groups excluding carboxylic acids is 2. The van der Waals surface area contributed by atoms with Crippen LogP contribution in [-0.2, 0) is 36.8 Å². The lowest BCUT2D eigenvalue weighted by Crippen LogP contribution is -2.62. The molecule has 2 saturated heterocycles. The Morgan fingerprint density at radius 3 is 2.57 bits per heavy atom. The third-order valence-electron chi connectivity index (χ3n) is 14.2. The number of aliphatic hydroxyl groups excluding tert-OH is 1. The lowest BCUT2D eigenvalue weighted by atomic mass is 9.84. The topological polar surface area (TPSA) is 147 Å². The van der Waals surface area contributed by atoms with Crippen molar-refractivity contribution in [2.75, 3.05) is 60.1 Å². The van der Waals surface area contributed by atoms with E-state index in [-0.39, 0.29) is 30.6 Å². The van der Waals surface area contributed by atoms with Crippen LogP contribution < -0.4 is 10.7 Å². The Morgan fingerprint density at radius 2 is 1.86 bits per heavy atom. The number of aryl methyl sites for hydroxylation is 1. The fraction of sp³-hybridized carbons (Fsp3) is 0.625. The highest BCUT2D eigenvalue weighted by Crippen LogP contribution is 2.48. The third kappa shape index (κ3) is 9.49. The highest BCUT2D eigenvalue weighted by atomic mass is 32.1. The standard InChI is InChI=1S/C48H68N8O6S/c1-10-55-38-16-15-32-23-34(38)35(42(55)33-13-11-17-49-40(33)31(5)60-9)24-48(6,7)27-62-47(59)36-14-12-18-56(52-36)46(58)41(51-44(57)39-29(3)30(39)4)43(45-50-37(32)26-63-45)61-25-28(2)54-21-19-53(8)20-22-54/h11,13,15-17,23,26,28-31,36,39,41,43-44,51-52,57H,10,12,14,18-22,24-25,27H2,1-9H3/t28-,29-,30+,31+,36+,39?,41+,43?,44?/m1/s1. The maximum absolute atomic E-state index is 15.0. The van der Waals surface area contributed by atoms with Gasteiger partial charge >= 0.3 is 5.97 Å². The molecular formula is C48H68N8O6S. The molecule has 1 aliphatic carbocycles. The summed E-state index contributed by atoms with van der Waals surface area (Å²) >= 11 is 1.47. The van der Waals surface area contributed by atoms with Gasteiger partial charge in [-0.2, -0.15) is 0 Å². The number of likely N-dealkylation sites (N-methyl/N-ethyl adjacent to an activating group) is 1. The molecule has 3 fully saturated rings. The average Bonchev–Trinajstić information content (AvgIpc) is 3.56. The fourth-order valence-corrected chi connectivity index (χ4v) is 10.9. The zero-order valence-corrected chi connectivity index (χ0v) is 39.4. The SMILES string of the molecule is CCn1c(-c2cccnc2[C@H](C)OC)c2c3cc(ccc31)-c1csc(n1)C(OC[C@@H](C)N1CCN(C)CC1)[C@H](NC(O)C1[C@@H](C)[C@H]1C)C(=O)N1CCC[C@H](N1)C(=O)OCC(C)(C)C2. The van der Waals surface area contributed by atoms with Gasteiger partial charge in [0.15, 0.2) is 0 Å². The number of aromatic nitrogens is 3. The number of amides is 1. The molecule has 0 spiro atoms. The number of aliphatic hydroxyl groups is 1. The Balaban J connectivity index is 1.26. The van der Waals surface area contributed by atoms with Gasteiger partial charge in [0.2, 0.25) is 0 Å². The van der Waals surface area contributed by atoms with Gasteiger partial charge in [-0.15, -0.1) is 11.3 Å². The fourth-order valence-electron chi connectivity index (χ4n) is 9.96. The molecule has 14 nitrogen and oxygen atoms in total. The number of cyclic esters (lactones) is 1. The molecular weight excluding hydrogens is 817 g/mol. The van der Waals surface area contributed by atoms with E-state index in [1.807, 2.05) is 19.2 Å². The molecule has 342 valence electrons. The van der Waals surface area contributed by atoms with Crippen LogP contribution in [-0.4, -0.2) is 131 Å². The first kappa shape index (κ1) is 45.8. The predicted octanol–water partition coefficient (Wildman–Crippen LogP) is 6.05. The van der Waals surface area contributed by atoms with Gasteiger partial charge in [0.25, 0.3) is 5.91 Å². The van der Waals surface area contributed by atoms with Crippen LogP contribution in [0, 0.1) is 23.2 Å². The van der Waals surface area contributed by atoms with Crippen LogP contribution in [0.2, 0.25) is 0 Å². The number of carbonyl (C=O) groups is 2. The summed E-state index contributed by atoms with van der Waals surface area (Å²) in [4.78, 5) is 43.9. The molecule has 4 aliphatic rings. The maximum Gasteiger partial charge on any atom is 0.324 e. The summed E-state index contributed by atoms with van der Waals surface area (Å²) in [6, 6.07) is 8.99. The lowest BCUT2D eigenvalue weighted by molar-refractivity contribution is -0.157. The van der Waals surface area contributed by atoms with Gasteiger partial charge in [0.05, 0.1) is 36.4 Å². The van der Waals surface area contributed by atoms with Crippen molar-refractivity contribution in [3.8, 4) is 22.5 Å². The van der Waals surface area contributed by atoms with Crippen LogP contribution in [0.3, 0.4) is 0 Å². The molecule has 1 amide bonds. The van der Waals surface area contributed by atoms with Gasteiger partial charge in [-0.25, -0.2) is 10.4 Å². The number of ether oxygens (including phenoxy) is 3. The first-order valence-corrected chi connectivity index (χ1v) is 23.9. The van der Waals surface area contributed by atoms with Gasteiger partial charge in [0.1, 0.15) is 29.4 Å². The second kappa shape index (κ2) is 19.0. The van der Waals surface area contributed by atoms with E-state index >= 15 is 4.79 Å². The lowest BCUT2D eigenvalue weighted by Gasteiger charge is -2.39. The van der Waals surface area contributed by atoms with E-state index < -0.39 is 35.8 Å². The molecule has 3 aliphatic heterocycles. The second-order valence-corrected chi connectivity index (χ2v) is 20.2. The molecule has 63 heavy (non-hydrogen) atoms. The van der Waals surface area contributed by atoms with E-state index in [0.717, 1.165) is 77.4 Å². The number of rotatable bonds is 11. The number of hydrogen-bond acceptors (Lipinski definition) is 13. The molecule has 15 heteroatoms. The smallest absolute Gasteiger partial charge is 0.324 e. The summed E-state index contributed by atoms with van der Waals surface area (Å²) in [5.41, 5.74) is 9.66. The summed E-state index contributed by atoms with van der Waals surface area (Å²) in [5.74, 6) is -0.105. The van der Waals surface area contributed by atoms with Crippen molar-refractivity contribution in [1.29, 1.82) is 0 Å². The number of benzene rings is 1. The summed E-state index contributed by atoms with van der Waals surface area (Å²) in [6.45, 7) is 20.3. The van der Waals surface area contributed by atoms with E-state index in [0.29, 0.717) is 49.3 Å². The molecule has 3 N–H and O–H groups in total. The number of nitrogens with zero attached hydrogens (tertiary/aromatic N) is 6. The van der Waals surface area contributed by atoms with Crippen molar-refractivity contribution in [1.82, 2.24) is 40.1 Å². The van der Waals surface area contributed by atoms with Gasteiger partial charge < -0.3 is 28.8 Å². The number of hydrazine groups is 1. The van der Waals surface area contributed by atoms with Crippen molar-refractivity contribution in [3.05, 3.63) is 58.2 Å². The average molecular weight is 885 g/mol. The van der Waals surface area contributed by atoms with Crippen LogP contribution >= 0.6 is 11.3 Å². The molecule has 6 heterocycles. The first-order chi connectivity index (χ1) is 30.2. The first-order valence-electron chi connectivity index (χ1n) is 23.0. The van der Waals surface area contributed by atoms with Crippen molar-refractivity contribution in [2.24, 2.45) is 23.2 Å². The number of nitrogens with one attached hydrogen (secondary N) is 2. The maximum atomic E-state index is 15.0. The number of thiazole rings is 1. The number of fused-ring (bicyclic) bond motifs is 6. The van der Waals surface area contributed by atoms with Crippen LogP contribution in [0.1, 0.15) is 89.8 Å². The summed E-state index contributed by atoms with van der Waals surface area (Å²) in [6.07, 6.45) is 1.54. The van der Waals surface area contributed by atoms with Gasteiger partial charge in [-0.3, -0.25) is 29.8 Å². The molecule has 8 rings (SSSR count). The van der Waals surface area contributed by atoms with Crippen molar-refractivity contribution >= 4 is 34.1 Å². The number of piperazine rings is 1. The molecule has 3 aromatic heterocycles. The quantitative estimate of drug-likeness (QED) is 0.119. The van der Waals surface area contributed by atoms with Crippen molar-refractivity contribution in [3.63, 3.8) is 0 Å².